The van der Waals surface area contributed by atoms with Crippen molar-refractivity contribution in [2.24, 2.45) is 17.8 Å². The maximum absolute atomic E-state index is 12.7. The first-order valence-corrected chi connectivity index (χ1v) is 14.7. The molecule has 1 amide bonds. The minimum absolute atomic E-state index is 0.171. The van der Waals surface area contributed by atoms with Gasteiger partial charge in [-0.05, 0) is 104 Å². The van der Waals surface area contributed by atoms with Crippen molar-refractivity contribution in [1.29, 1.82) is 0 Å². The number of methoxy groups -OCH3 is 1. The highest BCUT2D eigenvalue weighted by Crippen LogP contribution is 2.60. The number of nitrogens with one attached hydrogen (secondary N) is 1. The van der Waals surface area contributed by atoms with Crippen LogP contribution in [0.2, 0.25) is 0 Å². The summed E-state index contributed by atoms with van der Waals surface area (Å²) < 4.78 is 12.4. The monoisotopic (exact) mass is 578 g/mol. The zero-order valence-electron chi connectivity index (χ0n) is 20.9. The number of thiazole rings is 1. The number of amides is 1. The average Bonchev–Trinajstić information content (AvgIpc) is 3.36. The highest BCUT2D eigenvalue weighted by molar-refractivity contribution is 9.10. The van der Waals surface area contributed by atoms with Gasteiger partial charge in [0.05, 0.1) is 12.8 Å². The fraction of sp³-hybridized carbons (Fsp3) is 0.400. The van der Waals surface area contributed by atoms with Gasteiger partial charge in [0.2, 0.25) is 5.91 Å². The number of hydrogen-bond donors (Lipinski definition) is 1. The van der Waals surface area contributed by atoms with Crippen LogP contribution >= 0.6 is 27.3 Å². The minimum Gasteiger partial charge on any atom is -0.496 e. The van der Waals surface area contributed by atoms with E-state index in [0.29, 0.717) is 11.7 Å². The second-order valence-electron chi connectivity index (χ2n) is 10.9. The van der Waals surface area contributed by atoms with Gasteiger partial charge in [-0.25, -0.2) is 4.98 Å². The van der Waals surface area contributed by atoms with Crippen LogP contribution in [0.5, 0.6) is 11.5 Å². The Hall–Kier alpha value is -2.64. The Balaban J connectivity index is 1.09. The molecule has 7 rings (SSSR count). The number of benzene rings is 2. The third-order valence-electron chi connectivity index (χ3n) is 8.26. The van der Waals surface area contributed by atoms with Crippen molar-refractivity contribution >= 4 is 44.4 Å². The van der Waals surface area contributed by atoms with E-state index in [2.05, 4.69) is 26.6 Å². The molecule has 1 N–H and O–H groups in total. The third kappa shape index (κ3) is 5.34. The zero-order valence-corrected chi connectivity index (χ0v) is 23.3. The van der Waals surface area contributed by atoms with E-state index in [0.717, 1.165) is 44.9 Å². The maximum atomic E-state index is 12.7. The van der Waals surface area contributed by atoms with Gasteiger partial charge in [0.15, 0.2) is 5.13 Å². The van der Waals surface area contributed by atoms with Crippen LogP contribution in [-0.2, 0) is 16.8 Å². The van der Waals surface area contributed by atoms with E-state index in [1.54, 1.807) is 24.5 Å². The van der Waals surface area contributed by atoms with Gasteiger partial charge < -0.3 is 9.47 Å². The maximum Gasteiger partial charge on any atom is 0.250 e. The van der Waals surface area contributed by atoms with E-state index < -0.39 is 0 Å². The molecule has 0 aliphatic heterocycles. The van der Waals surface area contributed by atoms with E-state index >= 15 is 0 Å². The highest BCUT2D eigenvalue weighted by Gasteiger charge is 2.52. The van der Waals surface area contributed by atoms with Crippen LogP contribution in [0.1, 0.15) is 55.3 Å². The van der Waals surface area contributed by atoms with E-state index in [1.165, 1.54) is 44.2 Å². The first-order chi connectivity index (χ1) is 18.0. The smallest absolute Gasteiger partial charge is 0.250 e. The van der Waals surface area contributed by atoms with Gasteiger partial charge in [-0.2, -0.15) is 0 Å². The van der Waals surface area contributed by atoms with Crippen LogP contribution in [0.15, 0.2) is 58.4 Å². The predicted molar refractivity (Wildman–Crippen MR) is 151 cm³/mol. The molecule has 1 aromatic heterocycles. The topological polar surface area (TPSA) is 60.5 Å². The summed E-state index contributed by atoms with van der Waals surface area (Å²) >= 11 is 4.99. The molecule has 5 nitrogen and oxygen atoms in total. The first kappa shape index (κ1) is 24.7. The van der Waals surface area contributed by atoms with Crippen molar-refractivity contribution in [3.05, 3.63) is 75.2 Å². The molecule has 4 aliphatic rings. The Bertz CT molecular complexity index is 1280. The van der Waals surface area contributed by atoms with Crippen molar-refractivity contribution in [1.82, 2.24) is 4.98 Å². The average molecular weight is 580 g/mol. The fourth-order valence-corrected chi connectivity index (χ4v) is 8.13. The summed E-state index contributed by atoms with van der Waals surface area (Å²) in [6, 6.07) is 13.5. The lowest BCUT2D eigenvalue weighted by molar-refractivity contribution is -0.111. The number of nitrogens with zero attached hydrogens (tertiary/aromatic N) is 1. The lowest BCUT2D eigenvalue weighted by atomic mass is 9.49. The number of halogens is 1. The Morgan fingerprint density at radius 2 is 1.81 bits per heavy atom. The molecule has 4 aliphatic carbocycles. The van der Waals surface area contributed by atoms with Gasteiger partial charge in [-0.15, -0.1) is 11.3 Å². The second kappa shape index (κ2) is 10.3. The summed E-state index contributed by atoms with van der Waals surface area (Å²) in [7, 11) is 1.65. The molecule has 0 saturated heterocycles. The van der Waals surface area contributed by atoms with Crippen LogP contribution in [0.25, 0.3) is 6.08 Å². The van der Waals surface area contributed by atoms with Crippen molar-refractivity contribution in [3.8, 4) is 11.5 Å². The van der Waals surface area contributed by atoms with Crippen LogP contribution in [0.4, 0.5) is 5.13 Å². The SMILES string of the molecule is COc1ccc(/C=C/C(=O)Nc2nc(C34CC5CC(CC(C5)C3)C4)cs2)cc1COc1ccc(Br)cc1. The van der Waals surface area contributed by atoms with Crippen molar-refractivity contribution in [2.75, 3.05) is 12.4 Å². The molecule has 192 valence electrons. The van der Waals surface area contributed by atoms with Crippen molar-refractivity contribution < 1.29 is 14.3 Å². The molecule has 3 aromatic rings. The van der Waals surface area contributed by atoms with E-state index in [9.17, 15) is 4.79 Å². The lowest BCUT2D eigenvalue weighted by Crippen LogP contribution is -2.48. The number of carbonyl (C=O) groups is 1. The number of rotatable bonds is 8. The largest absolute Gasteiger partial charge is 0.496 e. The Morgan fingerprint density at radius 1 is 1.11 bits per heavy atom. The number of anilines is 1. The fourth-order valence-electron chi connectivity index (χ4n) is 7.02. The Kier molecular flexibility index (Phi) is 6.84. The molecule has 0 atom stereocenters. The van der Waals surface area contributed by atoms with Crippen LogP contribution in [0.3, 0.4) is 0 Å². The van der Waals surface area contributed by atoms with Crippen molar-refractivity contribution in [2.45, 2.75) is 50.5 Å². The lowest BCUT2D eigenvalue weighted by Gasteiger charge is -2.56. The molecule has 4 bridgehead atoms. The van der Waals surface area contributed by atoms with Gasteiger partial charge in [-0.1, -0.05) is 22.0 Å². The van der Waals surface area contributed by atoms with Crippen LogP contribution in [0, 0.1) is 17.8 Å². The van der Waals surface area contributed by atoms with Gasteiger partial charge in [-0.3, -0.25) is 10.1 Å². The van der Waals surface area contributed by atoms with Gasteiger partial charge in [0, 0.05) is 26.9 Å². The first-order valence-electron chi connectivity index (χ1n) is 13.0. The molecule has 7 heteroatoms. The van der Waals surface area contributed by atoms with E-state index in [-0.39, 0.29) is 11.3 Å². The molecule has 4 saturated carbocycles. The molecule has 37 heavy (non-hydrogen) atoms. The number of carbonyl (C=O) groups excluding carboxylic acids is 1. The van der Waals surface area contributed by atoms with Crippen LogP contribution < -0.4 is 14.8 Å². The molecular weight excluding hydrogens is 548 g/mol. The van der Waals surface area contributed by atoms with Gasteiger partial charge in [0.1, 0.15) is 18.1 Å². The normalized spacial score (nSPS) is 25.9. The second-order valence-corrected chi connectivity index (χ2v) is 12.6. The quantitative estimate of drug-likeness (QED) is 0.279. The summed E-state index contributed by atoms with van der Waals surface area (Å²) in [4.78, 5) is 17.6. The van der Waals surface area contributed by atoms with Crippen molar-refractivity contribution in [3.63, 3.8) is 0 Å². The summed E-state index contributed by atoms with van der Waals surface area (Å²) in [5.41, 5.74) is 3.27. The molecule has 0 unspecified atom stereocenters. The minimum atomic E-state index is -0.171. The number of aromatic nitrogens is 1. The van der Waals surface area contributed by atoms with E-state index in [4.69, 9.17) is 14.5 Å². The third-order valence-corrected chi connectivity index (χ3v) is 9.54. The molecule has 2 aromatic carbocycles. The van der Waals surface area contributed by atoms with Gasteiger partial charge >= 0.3 is 0 Å². The highest BCUT2D eigenvalue weighted by atomic mass is 79.9. The molecular formula is C30H31BrN2O3S. The molecule has 4 fully saturated rings. The molecule has 0 spiro atoms. The molecule has 0 radical (unpaired) electrons. The summed E-state index contributed by atoms with van der Waals surface area (Å²) in [5, 5.41) is 5.86. The zero-order chi connectivity index (χ0) is 25.4. The number of hydrogen-bond acceptors (Lipinski definition) is 5. The van der Waals surface area contributed by atoms with Crippen LogP contribution in [-0.4, -0.2) is 18.0 Å². The van der Waals surface area contributed by atoms with Gasteiger partial charge in [0.25, 0.3) is 0 Å². The summed E-state index contributed by atoms with van der Waals surface area (Å²) in [5.74, 6) is 3.99. The van der Waals surface area contributed by atoms with E-state index in [1.807, 2.05) is 48.5 Å². The number of ether oxygens (including phenoxy) is 2. The summed E-state index contributed by atoms with van der Waals surface area (Å²) in [6.45, 7) is 0.366. The summed E-state index contributed by atoms with van der Waals surface area (Å²) in [6.07, 6.45) is 11.5. The standard InChI is InChI=1S/C30H31BrN2O3S/c1-35-26-8-2-19(13-23(26)17-36-25-6-4-24(31)5-7-25)3-9-28(34)33-29-32-27(18-37-29)30-14-20-10-21(15-30)12-22(11-20)16-30/h2-9,13,18,20-22H,10-12,14-17H2,1H3,(H,32,33,34)/b9-3+. The Labute approximate surface area is 230 Å². The Morgan fingerprint density at radius 3 is 2.49 bits per heavy atom. The molecule has 1 heterocycles. The predicted octanol–water partition coefficient (Wildman–Crippen LogP) is 7.61.